The van der Waals surface area contributed by atoms with E-state index in [0.717, 1.165) is 5.56 Å². The standard InChI is InChI=1S/C11H9O2/c1-9(13)11(8-12)7-10-5-3-2-4-6-10/h2-7H,1H3. The van der Waals surface area contributed by atoms with Gasteiger partial charge in [-0.05, 0) is 18.6 Å². The number of ketones is 1. The Hall–Kier alpha value is -1.70. The van der Waals surface area contributed by atoms with Gasteiger partial charge in [-0.2, -0.15) is 0 Å². The first-order valence-electron chi connectivity index (χ1n) is 3.90. The normalized spacial score (nSPS) is 11.0. The van der Waals surface area contributed by atoms with Crippen LogP contribution >= 0.6 is 0 Å². The lowest BCUT2D eigenvalue weighted by Gasteiger charge is -1.93. The Morgan fingerprint density at radius 3 is 2.38 bits per heavy atom. The molecule has 0 saturated carbocycles. The number of Topliss-reactive ketones (excluding diaryl/α,β-unsaturated/α-hetero) is 1. The first-order chi connectivity index (χ1) is 6.24. The van der Waals surface area contributed by atoms with Gasteiger partial charge in [0.1, 0.15) is 0 Å². The van der Waals surface area contributed by atoms with E-state index >= 15 is 0 Å². The fourth-order valence-corrected chi connectivity index (χ4v) is 0.919. The minimum absolute atomic E-state index is 0.0752. The molecule has 1 radical (unpaired) electrons. The summed E-state index contributed by atoms with van der Waals surface area (Å²) in [6, 6.07) is 9.19. The molecule has 2 heteroatoms. The zero-order valence-corrected chi connectivity index (χ0v) is 7.28. The summed E-state index contributed by atoms with van der Waals surface area (Å²) in [6.07, 6.45) is 3.13. The summed E-state index contributed by atoms with van der Waals surface area (Å²) in [5, 5.41) is 0. The number of carbonyl (C=O) groups excluding carboxylic acids is 2. The lowest BCUT2D eigenvalue weighted by Crippen LogP contribution is -1.96. The Morgan fingerprint density at radius 2 is 1.92 bits per heavy atom. The van der Waals surface area contributed by atoms with Crippen LogP contribution in [-0.4, -0.2) is 12.1 Å². The van der Waals surface area contributed by atoms with Crippen molar-refractivity contribution in [2.45, 2.75) is 6.92 Å². The van der Waals surface area contributed by atoms with Crippen molar-refractivity contribution < 1.29 is 9.59 Å². The molecule has 0 saturated heterocycles. The van der Waals surface area contributed by atoms with E-state index in [0.29, 0.717) is 0 Å². The molecule has 2 nitrogen and oxygen atoms in total. The van der Waals surface area contributed by atoms with Crippen LogP contribution in [0.3, 0.4) is 0 Å². The molecule has 0 bridgehead atoms. The largest absolute Gasteiger partial charge is 0.294 e. The van der Waals surface area contributed by atoms with E-state index in [1.54, 1.807) is 6.29 Å². The van der Waals surface area contributed by atoms with Gasteiger partial charge in [0.25, 0.3) is 0 Å². The lowest BCUT2D eigenvalue weighted by molar-refractivity contribution is -0.113. The molecule has 0 fully saturated rings. The molecule has 0 N–H and O–H groups in total. The van der Waals surface area contributed by atoms with Gasteiger partial charge in [-0.15, -0.1) is 0 Å². The quantitative estimate of drug-likeness (QED) is 0.396. The van der Waals surface area contributed by atoms with Crippen molar-refractivity contribution in [3.8, 4) is 0 Å². The van der Waals surface area contributed by atoms with E-state index < -0.39 is 0 Å². The third-order valence-corrected chi connectivity index (χ3v) is 1.60. The van der Waals surface area contributed by atoms with E-state index in [1.807, 2.05) is 30.3 Å². The van der Waals surface area contributed by atoms with Crippen molar-refractivity contribution >= 4 is 18.1 Å². The molecule has 0 amide bonds. The predicted octanol–water partition coefficient (Wildman–Crippen LogP) is 1.77. The fourth-order valence-electron chi connectivity index (χ4n) is 0.919. The van der Waals surface area contributed by atoms with Gasteiger partial charge in [0, 0.05) is 0 Å². The maximum Gasteiger partial charge on any atom is 0.237 e. The zero-order chi connectivity index (χ0) is 9.68. The highest BCUT2D eigenvalue weighted by atomic mass is 16.1. The topological polar surface area (TPSA) is 34.1 Å². The molecule has 0 aliphatic carbocycles. The second kappa shape index (κ2) is 4.36. The van der Waals surface area contributed by atoms with Gasteiger partial charge in [0.05, 0.1) is 5.57 Å². The average Bonchev–Trinajstić information content (AvgIpc) is 2.15. The first kappa shape index (κ1) is 9.39. The summed E-state index contributed by atoms with van der Waals surface area (Å²) >= 11 is 0. The lowest BCUT2D eigenvalue weighted by atomic mass is 10.1. The number of hydrogen-bond acceptors (Lipinski definition) is 2. The Morgan fingerprint density at radius 1 is 1.31 bits per heavy atom. The van der Waals surface area contributed by atoms with E-state index in [1.165, 1.54) is 13.0 Å². The minimum atomic E-state index is -0.265. The Kier molecular flexibility index (Phi) is 3.15. The molecule has 13 heavy (non-hydrogen) atoms. The summed E-state index contributed by atoms with van der Waals surface area (Å²) in [5.74, 6) is -0.265. The second-order valence-electron chi connectivity index (χ2n) is 2.63. The number of rotatable bonds is 3. The van der Waals surface area contributed by atoms with Crippen LogP contribution in [0.5, 0.6) is 0 Å². The van der Waals surface area contributed by atoms with Gasteiger partial charge < -0.3 is 0 Å². The SMILES string of the molecule is CC(=O)C([C]=O)=Cc1ccccc1. The highest BCUT2D eigenvalue weighted by Gasteiger charge is 2.01. The highest BCUT2D eigenvalue weighted by molar-refractivity contribution is 6.14. The summed E-state index contributed by atoms with van der Waals surface area (Å²) in [7, 11) is 0. The Balaban J connectivity index is 2.98. The fraction of sp³-hybridized carbons (Fsp3) is 0.0909. The highest BCUT2D eigenvalue weighted by Crippen LogP contribution is 2.05. The molecular formula is C11H9O2. The molecule has 0 aliphatic rings. The van der Waals surface area contributed by atoms with Crippen LogP contribution in [0.15, 0.2) is 35.9 Å². The summed E-state index contributed by atoms with van der Waals surface area (Å²) < 4.78 is 0. The molecular weight excluding hydrogens is 164 g/mol. The number of allylic oxidation sites excluding steroid dienone is 1. The molecule has 0 unspecified atom stereocenters. The van der Waals surface area contributed by atoms with Crippen LogP contribution in [0.25, 0.3) is 6.08 Å². The van der Waals surface area contributed by atoms with Gasteiger partial charge in [-0.1, -0.05) is 30.3 Å². The van der Waals surface area contributed by atoms with Gasteiger partial charge in [0.15, 0.2) is 5.78 Å². The number of hydrogen-bond donors (Lipinski definition) is 0. The summed E-state index contributed by atoms with van der Waals surface area (Å²) in [6.45, 7) is 1.35. The smallest absolute Gasteiger partial charge is 0.237 e. The van der Waals surface area contributed by atoms with Crippen molar-refractivity contribution in [2.24, 2.45) is 0 Å². The Labute approximate surface area is 76.9 Å². The molecule has 0 aliphatic heterocycles. The minimum Gasteiger partial charge on any atom is -0.294 e. The molecule has 1 aromatic rings. The van der Waals surface area contributed by atoms with Crippen molar-refractivity contribution in [3.05, 3.63) is 41.5 Å². The van der Waals surface area contributed by atoms with Crippen molar-refractivity contribution in [2.75, 3.05) is 0 Å². The average molecular weight is 173 g/mol. The molecule has 65 valence electrons. The molecule has 0 heterocycles. The van der Waals surface area contributed by atoms with Gasteiger partial charge in [0.2, 0.25) is 6.29 Å². The zero-order valence-electron chi connectivity index (χ0n) is 7.28. The predicted molar refractivity (Wildman–Crippen MR) is 50.8 cm³/mol. The van der Waals surface area contributed by atoms with E-state index in [-0.39, 0.29) is 11.4 Å². The monoisotopic (exact) mass is 173 g/mol. The van der Waals surface area contributed by atoms with E-state index in [9.17, 15) is 9.59 Å². The molecule has 0 aromatic heterocycles. The molecule has 0 atom stereocenters. The molecule has 0 spiro atoms. The molecule has 1 rings (SSSR count). The van der Waals surface area contributed by atoms with Crippen LogP contribution < -0.4 is 0 Å². The van der Waals surface area contributed by atoms with Gasteiger partial charge >= 0.3 is 0 Å². The summed E-state index contributed by atoms with van der Waals surface area (Å²) in [4.78, 5) is 21.2. The van der Waals surface area contributed by atoms with Crippen LogP contribution in [0, 0.1) is 0 Å². The Bertz CT molecular complexity index is 336. The molecule has 1 aromatic carbocycles. The number of carbonyl (C=O) groups is 1. The van der Waals surface area contributed by atoms with Crippen LogP contribution in [0.4, 0.5) is 0 Å². The van der Waals surface area contributed by atoms with E-state index in [4.69, 9.17) is 0 Å². The first-order valence-corrected chi connectivity index (χ1v) is 3.90. The number of benzene rings is 1. The van der Waals surface area contributed by atoms with Crippen LogP contribution in [0.2, 0.25) is 0 Å². The maximum atomic E-state index is 10.8. The van der Waals surface area contributed by atoms with Crippen LogP contribution in [-0.2, 0) is 9.59 Å². The maximum absolute atomic E-state index is 10.8. The second-order valence-corrected chi connectivity index (χ2v) is 2.63. The van der Waals surface area contributed by atoms with Gasteiger partial charge in [-0.25, -0.2) is 0 Å². The third-order valence-electron chi connectivity index (χ3n) is 1.60. The van der Waals surface area contributed by atoms with Crippen LogP contribution in [0.1, 0.15) is 12.5 Å². The van der Waals surface area contributed by atoms with E-state index in [2.05, 4.69) is 0 Å². The van der Waals surface area contributed by atoms with Crippen molar-refractivity contribution in [3.63, 3.8) is 0 Å². The third kappa shape index (κ3) is 2.67. The van der Waals surface area contributed by atoms with Crippen molar-refractivity contribution in [1.82, 2.24) is 0 Å². The van der Waals surface area contributed by atoms with Gasteiger partial charge in [-0.3, -0.25) is 9.59 Å². The van der Waals surface area contributed by atoms with Crippen molar-refractivity contribution in [1.29, 1.82) is 0 Å². The summed E-state index contributed by atoms with van der Waals surface area (Å²) in [5.41, 5.74) is 0.905.